The van der Waals surface area contributed by atoms with Gasteiger partial charge in [-0.15, -0.1) is 10.2 Å². The van der Waals surface area contributed by atoms with E-state index in [1.165, 1.54) is 35.7 Å². The van der Waals surface area contributed by atoms with E-state index in [1.54, 1.807) is 6.07 Å². The Balaban J connectivity index is 1.51. The molecule has 8 nitrogen and oxygen atoms in total. The van der Waals surface area contributed by atoms with Crippen molar-refractivity contribution in [2.24, 2.45) is 5.10 Å². The molecule has 1 aromatic heterocycles. The largest absolute Gasteiger partial charge is 0.504 e. The fraction of sp³-hybridized carbons (Fsp3) is 0.185. The van der Waals surface area contributed by atoms with Crippen LogP contribution in [-0.4, -0.2) is 42.9 Å². The SMILES string of the molecule is CC(C)(C)c1ccc(-c2nnc(SCC(=O)NN=Cc3ccc(O)c(O)c3)n2-c2ccccc2)cc1. The predicted molar refractivity (Wildman–Crippen MR) is 142 cm³/mol. The van der Waals surface area contributed by atoms with E-state index in [1.807, 2.05) is 47.0 Å². The van der Waals surface area contributed by atoms with Crippen molar-refractivity contribution >= 4 is 23.9 Å². The maximum absolute atomic E-state index is 12.4. The van der Waals surface area contributed by atoms with Crippen molar-refractivity contribution in [1.29, 1.82) is 0 Å². The number of carbonyl (C=O) groups is 1. The van der Waals surface area contributed by atoms with Crippen molar-refractivity contribution in [1.82, 2.24) is 20.2 Å². The van der Waals surface area contributed by atoms with Crippen LogP contribution >= 0.6 is 11.8 Å². The normalized spacial score (nSPS) is 11.6. The van der Waals surface area contributed by atoms with Gasteiger partial charge in [-0.3, -0.25) is 9.36 Å². The van der Waals surface area contributed by atoms with Crippen LogP contribution in [0.1, 0.15) is 31.9 Å². The molecular weight excluding hydrogens is 474 g/mol. The second-order valence-electron chi connectivity index (χ2n) is 9.13. The third kappa shape index (κ3) is 5.92. The maximum atomic E-state index is 12.4. The lowest BCUT2D eigenvalue weighted by molar-refractivity contribution is -0.118. The lowest BCUT2D eigenvalue weighted by Gasteiger charge is -2.19. The van der Waals surface area contributed by atoms with Crippen LogP contribution in [0.4, 0.5) is 0 Å². The average molecular weight is 502 g/mol. The molecule has 184 valence electrons. The van der Waals surface area contributed by atoms with Gasteiger partial charge in [0.25, 0.3) is 5.91 Å². The van der Waals surface area contributed by atoms with Gasteiger partial charge in [-0.25, -0.2) is 5.43 Å². The zero-order valence-corrected chi connectivity index (χ0v) is 21.0. The molecule has 0 saturated heterocycles. The number of amides is 1. The zero-order valence-electron chi connectivity index (χ0n) is 20.2. The highest BCUT2D eigenvalue weighted by Crippen LogP contribution is 2.30. The molecule has 3 aromatic carbocycles. The predicted octanol–water partition coefficient (Wildman–Crippen LogP) is 4.89. The highest BCUT2D eigenvalue weighted by molar-refractivity contribution is 7.99. The van der Waals surface area contributed by atoms with Gasteiger partial charge in [0.05, 0.1) is 12.0 Å². The first kappa shape index (κ1) is 25.0. The summed E-state index contributed by atoms with van der Waals surface area (Å²) < 4.78 is 1.94. The standard InChI is InChI=1S/C27H27N5O3S/c1-27(2,3)20-12-10-19(11-13-20)25-30-31-26(32(25)21-7-5-4-6-8-21)36-17-24(35)29-28-16-18-9-14-22(33)23(34)15-18/h4-16,33-34H,17H2,1-3H3,(H,29,35). The Morgan fingerprint density at radius 1 is 1.00 bits per heavy atom. The van der Waals surface area contributed by atoms with E-state index in [0.29, 0.717) is 16.5 Å². The van der Waals surface area contributed by atoms with E-state index in [-0.39, 0.29) is 28.6 Å². The van der Waals surface area contributed by atoms with Crippen molar-refractivity contribution in [3.63, 3.8) is 0 Å². The van der Waals surface area contributed by atoms with Crippen molar-refractivity contribution < 1.29 is 15.0 Å². The second-order valence-corrected chi connectivity index (χ2v) is 10.1. The molecule has 4 rings (SSSR count). The first-order valence-electron chi connectivity index (χ1n) is 11.3. The summed E-state index contributed by atoms with van der Waals surface area (Å²) in [4.78, 5) is 12.4. The molecule has 0 unspecified atom stereocenters. The Hall–Kier alpha value is -4.11. The van der Waals surface area contributed by atoms with Crippen LogP contribution in [0.5, 0.6) is 11.5 Å². The first-order valence-corrected chi connectivity index (χ1v) is 12.3. The molecule has 9 heteroatoms. The van der Waals surface area contributed by atoms with Crippen LogP contribution in [0.3, 0.4) is 0 Å². The average Bonchev–Trinajstić information content (AvgIpc) is 3.29. The summed E-state index contributed by atoms with van der Waals surface area (Å²) in [7, 11) is 0. The van der Waals surface area contributed by atoms with Gasteiger partial charge >= 0.3 is 0 Å². The molecule has 0 fully saturated rings. The fourth-order valence-electron chi connectivity index (χ4n) is 3.44. The molecule has 0 aliphatic rings. The number of thioether (sulfide) groups is 1. The molecule has 0 aliphatic carbocycles. The van der Waals surface area contributed by atoms with Crippen molar-refractivity contribution in [2.45, 2.75) is 31.3 Å². The Labute approximate surface area is 213 Å². The highest BCUT2D eigenvalue weighted by atomic mass is 32.2. The molecule has 0 radical (unpaired) electrons. The Bertz CT molecular complexity index is 1380. The molecule has 1 heterocycles. The summed E-state index contributed by atoms with van der Waals surface area (Å²) in [6, 6.07) is 22.3. The van der Waals surface area contributed by atoms with Crippen molar-refractivity contribution in [3.05, 3.63) is 83.9 Å². The number of para-hydroxylation sites is 1. The number of phenols is 2. The summed E-state index contributed by atoms with van der Waals surface area (Å²) >= 11 is 1.25. The van der Waals surface area contributed by atoms with Crippen LogP contribution < -0.4 is 5.43 Å². The van der Waals surface area contributed by atoms with Crippen LogP contribution in [0.2, 0.25) is 0 Å². The van der Waals surface area contributed by atoms with Crippen LogP contribution in [0, 0.1) is 0 Å². The number of carbonyl (C=O) groups excluding carboxylic acids is 1. The molecule has 0 saturated carbocycles. The Kier molecular flexibility index (Phi) is 7.40. The molecule has 4 aromatic rings. The van der Waals surface area contributed by atoms with E-state index < -0.39 is 0 Å². The number of nitrogens with one attached hydrogen (secondary N) is 1. The van der Waals surface area contributed by atoms with E-state index in [9.17, 15) is 15.0 Å². The summed E-state index contributed by atoms with van der Waals surface area (Å²) in [6.07, 6.45) is 1.38. The smallest absolute Gasteiger partial charge is 0.250 e. The summed E-state index contributed by atoms with van der Waals surface area (Å²) in [5.74, 6) is -0.0382. The van der Waals surface area contributed by atoms with Crippen LogP contribution in [0.25, 0.3) is 17.1 Å². The molecule has 0 aliphatic heterocycles. The molecular formula is C27H27N5O3S. The van der Waals surface area contributed by atoms with E-state index >= 15 is 0 Å². The van der Waals surface area contributed by atoms with Crippen molar-refractivity contribution in [2.75, 3.05) is 5.75 Å². The Morgan fingerprint density at radius 2 is 1.72 bits per heavy atom. The molecule has 0 bridgehead atoms. The number of rotatable bonds is 7. The summed E-state index contributed by atoms with van der Waals surface area (Å²) in [5.41, 5.74) is 6.09. The number of aromatic hydroxyl groups is 2. The van der Waals surface area contributed by atoms with Gasteiger partial charge in [0.2, 0.25) is 0 Å². The monoisotopic (exact) mass is 501 g/mol. The van der Waals surface area contributed by atoms with Gasteiger partial charge in [-0.05, 0) is 46.9 Å². The molecule has 36 heavy (non-hydrogen) atoms. The number of benzene rings is 3. The fourth-order valence-corrected chi connectivity index (χ4v) is 4.19. The number of nitrogens with zero attached hydrogens (tertiary/aromatic N) is 4. The number of hydrogen-bond donors (Lipinski definition) is 3. The van der Waals surface area contributed by atoms with Gasteiger partial charge in [0.15, 0.2) is 22.5 Å². The molecule has 1 amide bonds. The number of aromatic nitrogens is 3. The zero-order chi connectivity index (χ0) is 25.7. The number of phenolic OH excluding ortho intramolecular Hbond substituents is 2. The van der Waals surface area contributed by atoms with Gasteiger partial charge in [0.1, 0.15) is 0 Å². The number of hydrogen-bond acceptors (Lipinski definition) is 7. The first-order chi connectivity index (χ1) is 17.2. The van der Waals surface area contributed by atoms with E-state index in [0.717, 1.165) is 11.3 Å². The lowest BCUT2D eigenvalue weighted by atomic mass is 9.87. The topological polar surface area (TPSA) is 113 Å². The third-order valence-electron chi connectivity index (χ3n) is 5.39. The molecule has 0 spiro atoms. The third-order valence-corrected chi connectivity index (χ3v) is 6.32. The highest BCUT2D eigenvalue weighted by Gasteiger charge is 2.19. The minimum Gasteiger partial charge on any atom is -0.504 e. The minimum absolute atomic E-state index is 0.0468. The lowest BCUT2D eigenvalue weighted by Crippen LogP contribution is -2.20. The minimum atomic E-state index is -0.321. The summed E-state index contributed by atoms with van der Waals surface area (Å²) in [5, 5.41) is 32.2. The molecule has 0 atom stereocenters. The second kappa shape index (κ2) is 10.7. The van der Waals surface area contributed by atoms with Crippen LogP contribution in [-0.2, 0) is 10.2 Å². The van der Waals surface area contributed by atoms with E-state index in [4.69, 9.17) is 0 Å². The maximum Gasteiger partial charge on any atom is 0.250 e. The molecule has 3 N–H and O–H groups in total. The Morgan fingerprint density at radius 3 is 2.39 bits per heavy atom. The van der Waals surface area contributed by atoms with E-state index in [2.05, 4.69) is 53.6 Å². The van der Waals surface area contributed by atoms with Gasteiger partial charge in [0, 0.05) is 11.3 Å². The van der Waals surface area contributed by atoms with Gasteiger partial charge in [-0.1, -0.05) is 75.0 Å². The van der Waals surface area contributed by atoms with Gasteiger partial charge < -0.3 is 10.2 Å². The number of hydrazone groups is 1. The summed E-state index contributed by atoms with van der Waals surface area (Å²) in [6.45, 7) is 6.52. The quantitative estimate of drug-likeness (QED) is 0.144. The van der Waals surface area contributed by atoms with Crippen molar-refractivity contribution in [3.8, 4) is 28.6 Å². The van der Waals surface area contributed by atoms with Crippen LogP contribution in [0.15, 0.2) is 83.1 Å². The van der Waals surface area contributed by atoms with Gasteiger partial charge in [-0.2, -0.15) is 5.10 Å².